The lowest BCUT2D eigenvalue weighted by molar-refractivity contribution is -0.125. The fourth-order valence-corrected chi connectivity index (χ4v) is 5.18. The van der Waals surface area contributed by atoms with Gasteiger partial charge >= 0.3 is 0 Å². The van der Waals surface area contributed by atoms with Crippen LogP contribution in [-0.2, 0) is 17.8 Å². The van der Waals surface area contributed by atoms with Crippen LogP contribution in [0.5, 0.6) is 0 Å². The van der Waals surface area contributed by atoms with E-state index in [1.807, 2.05) is 4.90 Å². The first-order chi connectivity index (χ1) is 15.2. The lowest BCUT2D eigenvalue weighted by Gasteiger charge is -2.41. The number of rotatable bonds is 6. The van der Waals surface area contributed by atoms with Gasteiger partial charge in [-0.3, -0.25) is 14.7 Å². The van der Waals surface area contributed by atoms with Crippen molar-refractivity contribution in [2.75, 3.05) is 13.1 Å². The van der Waals surface area contributed by atoms with Crippen LogP contribution in [-0.4, -0.2) is 34.8 Å². The van der Waals surface area contributed by atoms with Crippen molar-refractivity contribution in [3.05, 3.63) is 82.6 Å². The van der Waals surface area contributed by atoms with Gasteiger partial charge in [-0.1, -0.05) is 60.2 Å². The van der Waals surface area contributed by atoms with Gasteiger partial charge in [-0.05, 0) is 62.5 Å². The summed E-state index contributed by atoms with van der Waals surface area (Å²) in [5, 5.41) is 0. The molecule has 4 heteroatoms. The van der Waals surface area contributed by atoms with Gasteiger partial charge in [0.15, 0.2) is 0 Å². The van der Waals surface area contributed by atoms with Gasteiger partial charge in [-0.15, -0.1) is 0 Å². The predicted octanol–water partition coefficient (Wildman–Crippen LogP) is 5.09. The normalized spacial score (nSPS) is 20.6. The van der Waals surface area contributed by atoms with E-state index in [-0.39, 0.29) is 5.91 Å². The molecule has 3 aliphatic rings. The Balaban J connectivity index is 1.28. The van der Waals surface area contributed by atoms with Crippen molar-refractivity contribution in [1.29, 1.82) is 0 Å². The summed E-state index contributed by atoms with van der Waals surface area (Å²) in [6.07, 6.45) is 6.63. The monoisotopic (exact) mass is 413 g/mol. The summed E-state index contributed by atoms with van der Waals surface area (Å²) in [4.78, 5) is 22.4. The average Bonchev–Trinajstić information content (AvgIpc) is 3.29. The fourth-order valence-electron chi connectivity index (χ4n) is 5.18. The molecule has 0 radical (unpaired) electrons. The van der Waals surface area contributed by atoms with Crippen molar-refractivity contribution >= 4 is 11.9 Å². The lowest BCUT2D eigenvalue weighted by atomic mass is 9.82. The number of allylic oxidation sites excluding steroid dienone is 1. The van der Waals surface area contributed by atoms with Gasteiger partial charge in [-0.25, -0.2) is 0 Å². The van der Waals surface area contributed by atoms with Gasteiger partial charge in [0.05, 0.1) is 13.1 Å². The molecule has 0 saturated heterocycles. The van der Waals surface area contributed by atoms with Crippen molar-refractivity contribution in [2.24, 2.45) is 10.9 Å². The van der Waals surface area contributed by atoms with E-state index in [0.29, 0.717) is 12.5 Å². The Morgan fingerprint density at radius 3 is 2.65 bits per heavy atom. The quantitative estimate of drug-likeness (QED) is 0.662. The summed E-state index contributed by atoms with van der Waals surface area (Å²) in [5.74, 6) is 1.71. The highest BCUT2D eigenvalue weighted by Gasteiger charge is 2.41. The highest BCUT2D eigenvalue weighted by atomic mass is 16.2. The van der Waals surface area contributed by atoms with Gasteiger partial charge in [0.1, 0.15) is 0 Å². The fraction of sp³-hybridized carbons (Fsp3) is 0.407. The van der Waals surface area contributed by atoms with Crippen molar-refractivity contribution in [3.63, 3.8) is 0 Å². The van der Waals surface area contributed by atoms with E-state index >= 15 is 0 Å². The molecule has 0 bridgehead atoms. The van der Waals surface area contributed by atoms with Gasteiger partial charge in [0.25, 0.3) is 5.91 Å². The van der Waals surface area contributed by atoms with Crippen LogP contribution in [0.1, 0.15) is 48.8 Å². The maximum absolute atomic E-state index is 13.4. The van der Waals surface area contributed by atoms with E-state index in [4.69, 9.17) is 4.99 Å². The molecule has 2 aromatic rings. The maximum atomic E-state index is 13.4. The van der Waals surface area contributed by atoms with E-state index in [2.05, 4.69) is 66.4 Å². The molecule has 2 aromatic carbocycles. The van der Waals surface area contributed by atoms with Crippen LogP contribution in [0, 0.1) is 12.8 Å². The molecule has 0 saturated carbocycles. The third kappa shape index (κ3) is 4.16. The van der Waals surface area contributed by atoms with Crippen LogP contribution in [0.2, 0.25) is 0 Å². The minimum atomic E-state index is 0.176. The minimum absolute atomic E-state index is 0.176. The number of amides is 1. The molecular weight excluding hydrogens is 382 g/mol. The largest absolute Gasteiger partial charge is 0.314 e. The number of hydrogen-bond acceptors (Lipinski definition) is 3. The molecule has 160 valence electrons. The molecule has 1 atom stereocenters. The van der Waals surface area contributed by atoms with Crippen LogP contribution < -0.4 is 0 Å². The number of carbonyl (C=O) groups is 1. The Hall–Kier alpha value is -2.88. The molecule has 1 unspecified atom stereocenters. The highest BCUT2D eigenvalue weighted by Crippen LogP contribution is 2.39. The number of nitrogens with zero attached hydrogens (tertiary/aromatic N) is 3. The molecule has 0 spiro atoms. The molecule has 2 aliphatic heterocycles. The zero-order valence-electron chi connectivity index (χ0n) is 18.4. The van der Waals surface area contributed by atoms with E-state index < -0.39 is 0 Å². The SMILES string of the molecule is Cc1ccc(CN2C(=O)C3=C(CC(CCCc4ccccc4)CC3)N3CCN=C23)cc1. The van der Waals surface area contributed by atoms with Crippen molar-refractivity contribution in [1.82, 2.24) is 9.80 Å². The smallest absolute Gasteiger partial charge is 0.258 e. The first-order valence-corrected chi connectivity index (χ1v) is 11.6. The first kappa shape index (κ1) is 20.0. The number of hydrogen-bond donors (Lipinski definition) is 0. The summed E-state index contributed by atoms with van der Waals surface area (Å²) < 4.78 is 0. The van der Waals surface area contributed by atoms with Crippen LogP contribution in [0.25, 0.3) is 0 Å². The standard InChI is InChI=1S/C27H31N3O/c1-20-10-12-23(13-11-20)19-30-26(31)24-15-14-22(9-5-8-21-6-3-2-4-7-21)18-25(24)29-17-16-28-27(29)30/h2-4,6-7,10-13,22H,5,8-9,14-19H2,1H3. The molecule has 0 N–H and O–H groups in total. The van der Waals surface area contributed by atoms with Crippen LogP contribution in [0.4, 0.5) is 0 Å². The number of aliphatic imine (C=N–C) groups is 1. The number of fused-ring (bicyclic) bond motifs is 2. The number of carbonyl (C=O) groups excluding carboxylic acids is 1. The average molecular weight is 414 g/mol. The van der Waals surface area contributed by atoms with E-state index in [9.17, 15) is 4.79 Å². The summed E-state index contributed by atoms with van der Waals surface area (Å²) in [7, 11) is 0. The summed E-state index contributed by atoms with van der Waals surface area (Å²) >= 11 is 0. The number of benzene rings is 2. The summed E-state index contributed by atoms with van der Waals surface area (Å²) in [5.41, 5.74) is 6.12. The van der Waals surface area contributed by atoms with Gasteiger partial charge in [0.2, 0.25) is 5.96 Å². The van der Waals surface area contributed by atoms with Gasteiger partial charge in [-0.2, -0.15) is 0 Å². The molecule has 0 aromatic heterocycles. The molecule has 0 fully saturated rings. The molecule has 1 aliphatic carbocycles. The van der Waals surface area contributed by atoms with Crippen LogP contribution in [0.3, 0.4) is 0 Å². The predicted molar refractivity (Wildman–Crippen MR) is 124 cm³/mol. The molecule has 4 nitrogen and oxygen atoms in total. The molecule has 2 heterocycles. The summed E-state index contributed by atoms with van der Waals surface area (Å²) in [6, 6.07) is 19.2. The zero-order valence-corrected chi connectivity index (χ0v) is 18.4. The first-order valence-electron chi connectivity index (χ1n) is 11.6. The van der Waals surface area contributed by atoms with Crippen molar-refractivity contribution in [2.45, 2.75) is 52.0 Å². The molecular formula is C27H31N3O. The van der Waals surface area contributed by atoms with E-state index in [1.165, 1.54) is 29.7 Å². The Morgan fingerprint density at radius 1 is 1.03 bits per heavy atom. The van der Waals surface area contributed by atoms with Gasteiger partial charge in [0, 0.05) is 17.8 Å². The van der Waals surface area contributed by atoms with Gasteiger partial charge < -0.3 is 4.90 Å². The summed E-state index contributed by atoms with van der Waals surface area (Å²) in [6.45, 7) is 4.38. The van der Waals surface area contributed by atoms with E-state index in [0.717, 1.165) is 55.9 Å². The minimum Gasteiger partial charge on any atom is -0.314 e. The van der Waals surface area contributed by atoms with E-state index in [1.54, 1.807) is 0 Å². The third-order valence-corrected chi connectivity index (χ3v) is 6.90. The van der Waals surface area contributed by atoms with Crippen molar-refractivity contribution in [3.8, 4) is 0 Å². The Morgan fingerprint density at radius 2 is 1.84 bits per heavy atom. The number of aryl methyl sites for hydroxylation is 2. The second-order valence-electron chi connectivity index (χ2n) is 9.12. The second kappa shape index (κ2) is 8.70. The van der Waals surface area contributed by atoms with Crippen LogP contribution >= 0.6 is 0 Å². The Labute approximate surface area is 185 Å². The highest BCUT2D eigenvalue weighted by molar-refractivity contribution is 6.09. The topological polar surface area (TPSA) is 35.9 Å². The maximum Gasteiger partial charge on any atom is 0.258 e. The third-order valence-electron chi connectivity index (χ3n) is 6.90. The zero-order chi connectivity index (χ0) is 21.2. The Bertz CT molecular complexity index is 1010. The van der Waals surface area contributed by atoms with Crippen LogP contribution in [0.15, 0.2) is 70.9 Å². The second-order valence-corrected chi connectivity index (χ2v) is 9.12. The van der Waals surface area contributed by atoms with Crippen molar-refractivity contribution < 1.29 is 4.79 Å². The molecule has 1 amide bonds. The lowest BCUT2D eigenvalue weighted by Crippen LogP contribution is -2.51. The number of guanidine groups is 1. The molecule has 31 heavy (non-hydrogen) atoms. The Kier molecular flexibility index (Phi) is 5.63. The molecule has 5 rings (SSSR count).